The molecular weight excluding hydrogens is 504 g/mol. The van der Waals surface area contributed by atoms with Crippen molar-refractivity contribution in [1.82, 2.24) is 20.9 Å². The molecule has 5 atom stereocenters. The van der Waals surface area contributed by atoms with E-state index in [9.17, 15) is 29.1 Å². The average Bonchev–Trinajstić information content (AvgIpc) is 3.29. The van der Waals surface area contributed by atoms with Crippen LogP contribution in [0.25, 0.3) is 10.9 Å². The van der Waals surface area contributed by atoms with Crippen LogP contribution in [0.3, 0.4) is 0 Å². The number of hydrogen-bond acceptors (Lipinski definition) is 6. The molecule has 0 radical (unpaired) electrons. The summed E-state index contributed by atoms with van der Waals surface area (Å²) in [5.41, 5.74) is 13.1. The standard InChI is InChI=1S/C27H40N6O6/c1-5-15(4)23(33-24(35)18(28)12-16-13-30-19-9-7-6-8-17(16)19)26(37)32-22(14(2)3)25(36)31-20(27(38)39)10-11-21(29)34/h6-9,13-15,18,20,22-23,30H,5,10-12,28H2,1-4H3,(H2,29,34)(H,31,36)(H,32,37)(H,33,35)(H,38,39). The zero-order chi connectivity index (χ0) is 29.3. The van der Waals surface area contributed by atoms with Crippen LogP contribution >= 0.6 is 0 Å². The number of fused-ring (bicyclic) bond motifs is 1. The van der Waals surface area contributed by atoms with Crippen molar-refractivity contribution < 1.29 is 29.1 Å². The molecular formula is C27H40N6O6. The Bertz CT molecular complexity index is 1180. The molecule has 0 bridgehead atoms. The highest BCUT2D eigenvalue weighted by molar-refractivity contribution is 5.94. The first-order valence-electron chi connectivity index (χ1n) is 13.1. The lowest BCUT2D eigenvalue weighted by Gasteiger charge is -2.29. The molecule has 0 saturated carbocycles. The van der Waals surface area contributed by atoms with Gasteiger partial charge in [0.15, 0.2) is 0 Å². The number of rotatable bonds is 15. The predicted octanol–water partition coefficient (Wildman–Crippen LogP) is 0.544. The van der Waals surface area contributed by atoms with Gasteiger partial charge in [-0.15, -0.1) is 0 Å². The smallest absolute Gasteiger partial charge is 0.326 e. The molecule has 0 aliphatic rings. The van der Waals surface area contributed by atoms with Gasteiger partial charge in [-0.3, -0.25) is 19.2 Å². The van der Waals surface area contributed by atoms with E-state index in [0.29, 0.717) is 6.42 Å². The number of amides is 4. The van der Waals surface area contributed by atoms with Gasteiger partial charge in [0, 0.05) is 23.5 Å². The highest BCUT2D eigenvalue weighted by Gasteiger charge is 2.33. The lowest BCUT2D eigenvalue weighted by atomic mass is 9.95. The molecule has 214 valence electrons. The fourth-order valence-electron chi connectivity index (χ4n) is 4.18. The van der Waals surface area contributed by atoms with Crippen LogP contribution in [0.2, 0.25) is 0 Å². The van der Waals surface area contributed by atoms with Gasteiger partial charge >= 0.3 is 5.97 Å². The maximum absolute atomic E-state index is 13.3. The maximum Gasteiger partial charge on any atom is 0.326 e. The van der Waals surface area contributed by atoms with Gasteiger partial charge in [0.05, 0.1) is 6.04 Å². The van der Waals surface area contributed by atoms with E-state index < -0.39 is 59.7 Å². The Morgan fingerprint density at radius 1 is 0.949 bits per heavy atom. The number of carboxylic acid groups (broad SMARTS) is 1. The molecule has 1 aromatic carbocycles. The van der Waals surface area contributed by atoms with Crippen molar-refractivity contribution in [3.05, 3.63) is 36.0 Å². The van der Waals surface area contributed by atoms with Gasteiger partial charge in [0.1, 0.15) is 18.1 Å². The molecule has 4 amide bonds. The normalized spacial score (nSPS) is 15.1. The van der Waals surface area contributed by atoms with E-state index >= 15 is 0 Å². The first-order valence-corrected chi connectivity index (χ1v) is 13.1. The number of nitrogens with two attached hydrogens (primary N) is 2. The molecule has 0 aliphatic heterocycles. The number of H-pyrrole nitrogens is 1. The van der Waals surface area contributed by atoms with Crippen molar-refractivity contribution in [1.29, 1.82) is 0 Å². The third-order valence-electron chi connectivity index (χ3n) is 6.79. The molecule has 0 aliphatic carbocycles. The minimum Gasteiger partial charge on any atom is -0.480 e. The molecule has 1 aromatic heterocycles. The van der Waals surface area contributed by atoms with Gasteiger partial charge in [-0.1, -0.05) is 52.3 Å². The second-order valence-corrected chi connectivity index (χ2v) is 10.2. The number of hydrogen-bond donors (Lipinski definition) is 7. The van der Waals surface area contributed by atoms with Crippen LogP contribution in [0.5, 0.6) is 0 Å². The van der Waals surface area contributed by atoms with Crippen molar-refractivity contribution in [2.75, 3.05) is 0 Å². The molecule has 2 aromatic rings. The van der Waals surface area contributed by atoms with Crippen molar-refractivity contribution in [2.45, 2.75) is 77.5 Å². The molecule has 0 fully saturated rings. The summed E-state index contributed by atoms with van der Waals surface area (Å²) in [7, 11) is 0. The largest absolute Gasteiger partial charge is 0.480 e. The highest BCUT2D eigenvalue weighted by atomic mass is 16.4. The van der Waals surface area contributed by atoms with Crippen LogP contribution in [-0.4, -0.2) is 63.9 Å². The Labute approximate surface area is 227 Å². The van der Waals surface area contributed by atoms with Gasteiger partial charge in [-0.25, -0.2) is 4.79 Å². The number of aliphatic carboxylic acids is 1. The number of carbonyl (C=O) groups excluding carboxylic acids is 4. The van der Waals surface area contributed by atoms with Crippen LogP contribution in [0.4, 0.5) is 0 Å². The summed E-state index contributed by atoms with van der Waals surface area (Å²) in [6.07, 6.45) is 2.20. The second kappa shape index (κ2) is 14.3. The quantitative estimate of drug-likeness (QED) is 0.169. The van der Waals surface area contributed by atoms with E-state index in [-0.39, 0.29) is 25.2 Å². The van der Waals surface area contributed by atoms with E-state index in [1.54, 1.807) is 27.0 Å². The Kier molecular flexibility index (Phi) is 11.5. The summed E-state index contributed by atoms with van der Waals surface area (Å²) >= 11 is 0. The van der Waals surface area contributed by atoms with Gasteiger partial charge in [-0.2, -0.15) is 0 Å². The Morgan fingerprint density at radius 2 is 1.56 bits per heavy atom. The number of primary amides is 1. The molecule has 39 heavy (non-hydrogen) atoms. The minimum atomic E-state index is -1.35. The number of nitrogens with one attached hydrogen (secondary N) is 4. The van der Waals surface area contributed by atoms with E-state index in [1.165, 1.54) is 0 Å². The summed E-state index contributed by atoms with van der Waals surface area (Å²) in [5.74, 6) is -4.53. The Balaban J connectivity index is 2.12. The van der Waals surface area contributed by atoms with Gasteiger partial charge in [0.25, 0.3) is 0 Å². The second-order valence-electron chi connectivity index (χ2n) is 10.2. The van der Waals surface area contributed by atoms with Crippen LogP contribution in [0, 0.1) is 11.8 Å². The summed E-state index contributed by atoms with van der Waals surface area (Å²) < 4.78 is 0. The topological polar surface area (TPSA) is 209 Å². The molecule has 12 nitrogen and oxygen atoms in total. The van der Waals surface area contributed by atoms with Crippen molar-refractivity contribution in [2.24, 2.45) is 23.3 Å². The zero-order valence-corrected chi connectivity index (χ0v) is 22.8. The third-order valence-corrected chi connectivity index (χ3v) is 6.79. The number of carbonyl (C=O) groups is 5. The summed E-state index contributed by atoms with van der Waals surface area (Å²) in [5, 5.41) is 18.1. The fraction of sp³-hybridized carbons (Fsp3) is 0.519. The molecule has 0 spiro atoms. The molecule has 1 heterocycles. The van der Waals surface area contributed by atoms with Crippen LogP contribution < -0.4 is 27.4 Å². The third kappa shape index (κ3) is 8.81. The number of aromatic nitrogens is 1. The zero-order valence-electron chi connectivity index (χ0n) is 22.8. The van der Waals surface area contributed by atoms with Gasteiger partial charge in [0.2, 0.25) is 23.6 Å². The molecule has 9 N–H and O–H groups in total. The highest BCUT2D eigenvalue weighted by Crippen LogP contribution is 2.19. The fourth-order valence-corrected chi connectivity index (χ4v) is 4.18. The van der Waals surface area contributed by atoms with Crippen LogP contribution in [0.1, 0.15) is 52.5 Å². The van der Waals surface area contributed by atoms with Gasteiger partial charge in [-0.05, 0) is 36.3 Å². The van der Waals surface area contributed by atoms with E-state index in [0.717, 1.165) is 16.5 Å². The first kappa shape index (κ1) is 31.3. The van der Waals surface area contributed by atoms with Crippen LogP contribution in [-0.2, 0) is 30.4 Å². The van der Waals surface area contributed by atoms with Crippen molar-refractivity contribution in [3.63, 3.8) is 0 Å². The number of benzene rings is 1. The number of para-hydroxylation sites is 1. The van der Waals surface area contributed by atoms with Gasteiger partial charge < -0.3 is 37.5 Å². The maximum atomic E-state index is 13.3. The van der Waals surface area contributed by atoms with E-state index in [2.05, 4.69) is 20.9 Å². The molecule has 0 saturated heterocycles. The Hall–Kier alpha value is -3.93. The summed E-state index contributed by atoms with van der Waals surface area (Å²) in [6.45, 7) is 7.05. The van der Waals surface area contributed by atoms with Crippen molar-refractivity contribution in [3.8, 4) is 0 Å². The van der Waals surface area contributed by atoms with E-state index in [4.69, 9.17) is 11.5 Å². The SMILES string of the molecule is CCC(C)C(NC(=O)C(N)Cc1c[nH]c2ccccc12)C(=O)NC(C(=O)NC(CCC(N)=O)C(=O)O)C(C)C. The first-order chi connectivity index (χ1) is 18.3. The summed E-state index contributed by atoms with van der Waals surface area (Å²) in [4.78, 5) is 65.1. The molecule has 2 rings (SSSR count). The lowest BCUT2D eigenvalue weighted by molar-refractivity contribution is -0.143. The lowest BCUT2D eigenvalue weighted by Crippen LogP contribution is -2.60. The number of carboxylic acids is 1. The predicted molar refractivity (Wildman–Crippen MR) is 146 cm³/mol. The van der Waals surface area contributed by atoms with Crippen LogP contribution in [0.15, 0.2) is 30.5 Å². The molecule has 12 heteroatoms. The van der Waals surface area contributed by atoms with E-state index in [1.807, 2.05) is 31.2 Å². The number of aromatic amines is 1. The summed E-state index contributed by atoms with van der Waals surface area (Å²) in [6, 6.07) is 3.31. The van der Waals surface area contributed by atoms with Crippen molar-refractivity contribution >= 4 is 40.5 Å². The molecule has 5 unspecified atom stereocenters. The average molecular weight is 545 g/mol. The monoisotopic (exact) mass is 544 g/mol. The minimum absolute atomic E-state index is 0.185. The Morgan fingerprint density at radius 3 is 2.15 bits per heavy atom.